The maximum absolute atomic E-state index is 13.8. The maximum Gasteiger partial charge on any atom is 0.230 e. The van der Waals surface area contributed by atoms with Crippen molar-refractivity contribution >= 4 is 11.7 Å². The van der Waals surface area contributed by atoms with E-state index in [9.17, 15) is 14.0 Å². The summed E-state index contributed by atoms with van der Waals surface area (Å²) in [4.78, 5) is 23.8. The highest BCUT2D eigenvalue weighted by molar-refractivity contribution is 6.05. The lowest BCUT2D eigenvalue weighted by Crippen LogP contribution is -2.25. The molecule has 0 radical (unpaired) electrons. The molecular formula is C12H12FNO3. The molecule has 1 saturated heterocycles. The van der Waals surface area contributed by atoms with Crippen molar-refractivity contribution < 1.29 is 18.7 Å². The number of carbonyl (C=O) groups is 2. The van der Waals surface area contributed by atoms with Crippen molar-refractivity contribution in [1.82, 2.24) is 4.90 Å². The van der Waals surface area contributed by atoms with Crippen LogP contribution in [0.25, 0.3) is 0 Å². The van der Waals surface area contributed by atoms with Crippen LogP contribution >= 0.6 is 0 Å². The van der Waals surface area contributed by atoms with Gasteiger partial charge in [-0.25, -0.2) is 4.39 Å². The fourth-order valence-electron chi connectivity index (χ4n) is 1.82. The number of likely N-dealkylation sites (tertiary alicyclic amines) is 1. The van der Waals surface area contributed by atoms with Crippen molar-refractivity contribution in [3.8, 4) is 5.75 Å². The first-order chi connectivity index (χ1) is 8.11. The molecule has 5 heteroatoms. The van der Waals surface area contributed by atoms with Gasteiger partial charge in [-0.05, 0) is 6.07 Å². The van der Waals surface area contributed by atoms with E-state index in [-0.39, 0.29) is 37.0 Å². The molecule has 1 fully saturated rings. The minimum absolute atomic E-state index is 0.0650. The SMILES string of the molecule is COc1cccc(CN2CC(=O)CC2=O)c1F. The van der Waals surface area contributed by atoms with E-state index in [1.54, 1.807) is 12.1 Å². The second-order valence-electron chi connectivity index (χ2n) is 3.90. The highest BCUT2D eigenvalue weighted by Gasteiger charge is 2.28. The Morgan fingerprint density at radius 1 is 1.41 bits per heavy atom. The third-order valence-electron chi connectivity index (χ3n) is 2.69. The van der Waals surface area contributed by atoms with E-state index in [1.807, 2.05) is 0 Å². The highest BCUT2D eigenvalue weighted by atomic mass is 19.1. The first kappa shape index (κ1) is 11.6. The molecule has 0 aliphatic carbocycles. The summed E-state index contributed by atoms with van der Waals surface area (Å²) in [6, 6.07) is 4.74. The largest absolute Gasteiger partial charge is 0.494 e. The van der Waals surface area contributed by atoms with Crippen LogP contribution in [0.3, 0.4) is 0 Å². The Kier molecular flexibility index (Phi) is 3.08. The van der Waals surface area contributed by atoms with Crippen molar-refractivity contribution in [3.05, 3.63) is 29.6 Å². The Morgan fingerprint density at radius 3 is 2.76 bits per heavy atom. The zero-order valence-electron chi connectivity index (χ0n) is 9.40. The van der Waals surface area contributed by atoms with Gasteiger partial charge >= 0.3 is 0 Å². The molecule has 90 valence electrons. The Morgan fingerprint density at radius 2 is 2.18 bits per heavy atom. The van der Waals surface area contributed by atoms with Crippen LogP contribution in [-0.4, -0.2) is 30.2 Å². The Bertz CT molecular complexity index is 473. The number of hydrogen-bond donors (Lipinski definition) is 0. The topological polar surface area (TPSA) is 46.6 Å². The second kappa shape index (κ2) is 4.53. The number of halogens is 1. The van der Waals surface area contributed by atoms with E-state index in [0.29, 0.717) is 5.56 Å². The summed E-state index contributed by atoms with van der Waals surface area (Å²) < 4.78 is 18.7. The van der Waals surface area contributed by atoms with Crippen LogP contribution in [0.5, 0.6) is 5.75 Å². The fourth-order valence-corrected chi connectivity index (χ4v) is 1.82. The molecule has 0 spiro atoms. The first-order valence-corrected chi connectivity index (χ1v) is 5.22. The smallest absolute Gasteiger partial charge is 0.230 e. The third kappa shape index (κ3) is 2.27. The number of benzene rings is 1. The molecule has 1 aliphatic rings. The molecule has 0 atom stereocenters. The molecule has 1 aromatic rings. The second-order valence-corrected chi connectivity index (χ2v) is 3.90. The number of rotatable bonds is 3. The van der Waals surface area contributed by atoms with Gasteiger partial charge in [0.15, 0.2) is 17.3 Å². The minimum Gasteiger partial charge on any atom is -0.494 e. The number of hydrogen-bond acceptors (Lipinski definition) is 3. The molecular weight excluding hydrogens is 225 g/mol. The quantitative estimate of drug-likeness (QED) is 0.740. The fraction of sp³-hybridized carbons (Fsp3) is 0.333. The van der Waals surface area contributed by atoms with E-state index in [0.717, 1.165) is 0 Å². The monoisotopic (exact) mass is 237 g/mol. The summed E-state index contributed by atoms with van der Waals surface area (Å²) in [7, 11) is 1.38. The summed E-state index contributed by atoms with van der Waals surface area (Å²) in [5.74, 6) is -0.724. The Labute approximate surface area is 98.0 Å². The predicted octanol–water partition coefficient (Wildman–Crippen LogP) is 1.14. The van der Waals surface area contributed by atoms with Crippen LogP contribution in [-0.2, 0) is 16.1 Å². The zero-order valence-corrected chi connectivity index (χ0v) is 9.40. The van der Waals surface area contributed by atoms with Gasteiger partial charge in [-0.2, -0.15) is 0 Å². The summed E-state index contributed by atoms with van der Waals surface area (Å²) in [5, 5.41) is 0. The van der Waals surface area contributed by atoms with Gasteiger partial charge in [-0.15, -0.1) is 0 Å². The number of amides is 1. The lowest BCUT2D eigenvalue weighted by molar-refractivity contribution is -0.128. The number of ether oxygens (including phenoxy) is 1. The van der Waals surface area contributed by atoms with Gasteiger partial charge in [-0.3, -0.25) is 9.59 Å². The molecule has 1 heterocycles. The molecule has 1 aliphatic heterocycles. The number of ketones is 1. The van der Waals surface area contributed by atoms with Crippen LogP contribution in [0.2, 0.25) is 0 Å². The normalized spacial score (nSPS) is 15.5. The third-order valence-corrected chi connectivity index (χ3v) is 2.69. The average molecular weight is 237 g/mol. The molecule has 0 saturated carbocycles. The minimum atomic E-state index is -0.484. The standard InChI is InChI=1S/C12H12FNO3/c1-17-10-4-2-3-8(12(10)13)6-14-7-9(15)5-11(14)16/h2-4H,5-7H2,1H3. The lowest BCUT2D eigenvalue weighted by atomic mass is 10.2. The van der Waals surface area contributed by atoms with Crippen molar-refractivity contribution in [2.45, 2.75) is 13.0 Å². The van der Waals surface area contributed by atoms with Gasteiger partial charge in [0.2, 0.25) is 5.91 Å². The Balaban J connectivity index is 2.19. The molecule has 0 N–H and O–H groups in total. The molecule has 4 nitrogen and oxygen atoms in total. The maximum atomic E-state index is 13.8. The van der Waals surface area contributed by atoms with Crippen LogP contribution in [0.4, 0.5) is 4.39 Å². The average Bonchev–Trinajstić information content (AvgIpc) is 2.60. The molecule has 1 amide bonds. The van der Waals surface area contributed by atoms with E-state index in [2.05, 4.69) is 0 Å². The molecule has 0 bridgehead atoms. The van der Waals surface area contributed by atoms with Gasteiger partial charge in [0.1, 0.15) is 0 Å². The van der Waals surface area contributed by atoms with Gasteiger partial charge < -0.3 is 9.64 Å². The van der Waals surface area contributed by atoms with Crippen molar-refractivity contribution in [2.75, 3.05) is 13.7 Å². The van der Waals surface area contributed by atoms with Gasteiger partial charge in [0.25, 0.3) is 0 Å². The van der Waals surface area contributed by atoms with Crippen molar-refractivity contribution in [3.63, 3.8) is 0 Å². The van der Waals surface area contributed by atoms with Crippen molar-refractivity contribution in [2.24, 2.45) is 0 Å². The summed E-state index contributed by atoms with van der Waals surface area (Å²) in [6.45, 7) is 0.170. The van der Waals surface area contributed by atoms with Crippen LogP contribution < -0.4 is 4.74 Å². The predicted molar refractivity (Wildman–Crippen MR) is 58.0 cm³/mol. The highest BCUT2D eigenvalue weighted by Crippen LogP contribution is 2.22. The zero-order chi connectivity index (χ0) is 12.4. The lowest BCUT2D eigenvalue weighted by Gasteiger charge is -2.15. The number of Topliss-reactive ketones (excluding diaryl/α,β-unsaturated/α-hetero) is 1. The van der Waals surface area contributed by atoms with Gasteiger partial charge in [-0.1, -0.05) is 12.1 Å². The van der Waals surface area contributed by atoms with Crippen LogP contribution in [0.15, 0.2) is 18.2 Å². The van der Waals surface area contributed by atoms with E-state index < -0.39 is 5.82 Å². The molecule has 2 rings (SSSR count). The van der Waals surface area contributed by atoms with Crippen LogP contribution in [0.1, 0.15) is 12.0 Å². The van der Waals surface area contributed by atoms with Gasteiger partial charge in [0.05, 0.1) is 20.1 Å². The summed E-state index contributed by atoms with van der Waals surface area (Å²) in [5.41, 5.74) is 0.354. The van der Waals surface area contributed by atoms with E-state index in [1.165, 1.54) is 18.1 Å². The van der Waals surface area contributed by atoms with E-state index in [4.69, 9.17) is 4.74 Å². The first-order valence-electron chi connectivity index (χ1n) is 5.22. The summed E-state index contributed by atoms with van der Waals surface area (Å²) >= 11 is 0. The Hall–Kier alpha value is -1.91. The summed E-state index contributed by atoms with van der Waals surface area (Å²) in [6.07, 6.45) is -0.0778. The number of methoxy groups -OCH3 is 1. The molecule has 1 aromatic carbocycles. The molecule has 17 heavy (non-hydrogen) atoms. The van der Waals surface area contributed by atoms with Gasteiger partial charge in [0, 0.05) is 12.1 Å². The van der Waals surface area contributed by atoms with Crippen LogP contribution in [0, 0.1) is 5.82 Å². The number of carbonyl (C=O) groups excluding carboxylic acids is 2. The molecule has 0 aromatic heterocycles. The molecule has 0 unspecified atom stereocenters. The van der Waals surface area contributed by atoms with E-state index >= 15 is 0 Å². The number of nitrogens with zero attached hydrogens (tertiary/aromatic N) is 1. The van der Waals surface area contributed by atoms with Crippen molar-refractivity contribution in [1.29, 1.82) is 0 Å².